The molecule has 0 saturated heterocycles. The number of benzene rings is 2. The first-order chi connectivity index (χ1) is 11.1. The van der Waals surface area contributed by atoms with Crippen molar-refractivity contribution < 1.29 is 14.0 Å². The average molecular weight is 314 g/mol. The highest BCUT2D eigenvalue weighted by molar-refractivity contribution is 5.95. The summed E-state index contributed by atoms with van der Waals surface area (Å²) in [7, 11) is 0. The van der Waals surface area contributed by atoms with Crippen molar-refractivity contribution in [2.75, 3.05) is 0 Å². The molecule has 0 heterocycles. The van der Waals surface area contributed by atoms with Gasteiger partial charge in [0, 0.05) is 12.0 Å². The van der Waals surface area contributed by atoms with Crippen LogP contribution in [0.1, 0.15) is 34.8 Å². The quantitative estimate of drug-likeness (QED) is 0.834. The van der Waals surface area contributed by atoms with E-state index in [1.807, 2.05) is 19.1 Å². The molecule has 2 amide bonds. The van der Waals surface area contributed by atoms with E-state index in [0.717, 1.165) is 17.5 Å². The lowest BCUT2D eigenvalue weighted by molar-refractivity contribution is -0.121. The molecule has 2 aromatic rings. The van der Waals surface area contributed by atoms with Crippen LogP contribution in [0.2, 0.25) is 0 Å². The Morgan fingerprint density at radius 1 is 0.913 bits per heavy atom. The van der Waals surface area contributed by atoms with Crippen molar-refractivity contribution in [1.82, 2.24) is 10.9 Å². The number of hydrogen-bond donors (Lipinski definition) is 2. The maximum absolute atomic E-state index is 12.8. The first-order valence-corrected chi connectivity index (χ1v) is 7.51. The van der Waals surface area contributed by atoms with E-state index in [1.54, 1.807) is 24.3 Å². The molecule has 120 valence electrons. The van der Waals surface area contributed by atoms with Gasteiger partial charge in [0.2, 0.25) is 5.91 Å². The molecule has 2 aromatic carbocycles. The summed E-state index contributed by atoms with van der Waals surface area (Å²) in [4.78, 5) is 23.6. The Kier molecular flexibility index (Phi) is 5.86. The van der Waals surface area contributed by atoms with Crippen LogP contribution in [0.4, 0.5) is 4.39 Å². The topological polar surface area (TPSA) is 58.2 Å². The van der Waals surface area contributed by atoms with Crippen molar-refractivity contribution >= 4 is 11.8 Å². The summed E-state index contributed by atoms with van der Waals surface area (Å²) in [6.45, 7) is 2.04. The fourth-order valence-corrected chi connectivity index (χ4v) is 2.06. The number of aryl methyl sites for hydroxylation is 2. The molecule has 0 radical (unpaired) electrons. The molecule has 0 aliphatic heterocycles. The molecule has 0 aromatic heterocycles. The molecule has 4 nitrogen and oxygen atoms in total. The number of carbonyl (C=O) groups excluding carboxylic acids is 2. The average Bonchev–Trinajstić information content (AvgIpc) is 2.59. The molecule has 5 heteroatoms. The summed E-state index contributed by atoms with van der Waals surface area (Å²) >= 11 is 0. The SMILES string of the molecule is CCc1ccc(C(=O)NNC(=O)CCc2ccc(F)cc2)cc1. The Labute approximate surface area is 134 Å². The van der Waals surface area contributed by atoms with Crippen molar-refractivity contribution in [2.45, 2.75) is 26.2 Å². The van der Waals surface area contributed by atoms with E-state index in [-0.39, 0.29) is 24.1 Å². The molecule has 0 atom stereocenters. The molecule has 0 fully saturated rings. The van der Waals surface area contributed by atoms with Gasteiger partial charge in [-0.05, 0) is 48.2 Å². The molecule has 0 spiro atoms. The van der Waals surface area contributed by atoms with Crippen molar-refractivity contribution in [2.24, 2.45) is 0 Å². The van der Waals surface area contributed by atoms with Crippen LogP contribution in [0.3, 0.4) is 0 Å². The largest absolute Gasteiger partial charge is 0.273 e. The first kappa shape index (κ1) is 16.7. The molecule has 0 unspecified atom stereocenters. The highest BCUT2D eigenvalue weighted by Crippen LogP contribution is 2.06. The smallest absolute Gasteiger partial charge is 0.269 e. The van der Waals surface area contributed by atoms with Gasteiger partial charge >= 0.3 is 0 Å². The van der Waals surface area contributed by atoms with Crippen molar-refractivity contribution in [3.05, 3.63) is 71.0 Å². The van der Waals surface area contributed by atoms with Gasteiger partial charge in [-0.25, -0.2) is 4.39 Å². The summed E-state index contributed by atoms with van der Waals surface area (Å²) in [5, 5.41) is 0. The first-order valence-electron chi connectivity index (χ1n) is 7.51. The van der Waals surface area contributed by atoms with E-state index >= 15 is 0 Å². The number of halogens is 1. The number of carbonyl (C=O) groups is 2. The minimum Gasteiger partial charge on any atom is -0.273 e. The zero-order valence-electron chi connectivity index (χ0n) is 12.9. The Hall–Kier alpha value is -2.69. The summed E-state index contributed by atoms with van der Waals surface area (Å²) < 4.78 is 12.8. The Morgan fingerprint density at radius 3 is 2.13 bits per heavy atom. The third-order valence-electron chi connectivity index (χ3n) is 3.49. The van der Waals surface area contributed by atoms with Gasteiger partial charge < -0.3 is 0 Å². The van der Waals surface area contributed by atoms with Crippen LogP contribution in [0.5, 0.6) is 0 Å². The molecular weight excluding hydrogens is 295 g/mol. The van der Waals surface area contributed by atoms with Gasteiger partial charge in [-0.3, -0.25) is 20.4 Å². The molecule has 0 saturated carbocycles. The van der Waals surface area contributed by atoms with Crippen LogP contribution < -0.4 is 10.9 Å². The van der Waals surface area contributed by atoms with Crippen LogP contribution in [-0.2, 0) is 17.6 Å². The summed E-state index contributed by atoms with van der Waals surface area (Å²) in [6, 6.07) is 13.2. The molecule has 0 bridgehead atoms. The number of rotatable bonds is 5. The third-order valence-corrected chi connectivity index (χ3v) is 3.49. The highest BCUT2D eigenvalue weighted by Gasteiger charge is 2.07. The Bertz CT molecular complexity index is 666. The second-order valence-electron chi connectivity index (χ2n) is 5.18. The monoisotopic (exact) mass is 314 g/mol. The van der Waals surface area contributed by atoms with Crippen LogP contribution >= 0.6 is 0 Å². The van der Waals surface area contributed by atoms with E-state index in [4.69, 9.17) is 0 Å². The number of hydrazine groups is 1. The molecule has 0 aliphatic rings. The van der Waals surface area contributed by atoms with Crippen LogP contribution in [0.25, 0.3) is 0 Å². The molecule has 0 aliphatic carbocycles. The standard InChI is InChI=1S/C18H19FN2O2/c1-2-13-3-8-15(9-4-13)18(23)21-20-17(22)12-7-14-5-10-16(19)11-6-14/h3-6,8-11H,2,7,12H2,1H3,(H,20,22)(H,21,23). The van der Waals surface area contributed by atoms with Gasteiger partial charge in [-0.1, -0.05) is 31.2 Å². The fraction of sp³-hybridized carbons (Fsp3) is 0.222. The van der Waals surface area contributed by atoms with E-state index in [0.29, 0.717) is 12.0 Å². The maximum atomic E-state index is 12.8. The molecule has 2 rings (SSSR count). The van der Waals surface area contributed by atoms with E-state index in [1.165, 1.54) is 12.1 Å². The fourth-order valence-electron chi connectivity index (χ4n) is 2.06. The third kappa shape index (κ3) is 5.21. The summed E-state index contributed by atoms with van der Waals surface area (Å²) in [5.41, 5.74) is 7.26. The van der Waals surface area contributed by atoms with Crippen LogP contribution in [0.15, 0.2) is 48.5 Å². The van der Waals surface area contributed by atoms with Crippen LogP contribution in [-0.4, -0.2) is 11.8 Å². The van der Waals surface area contributed by atoms with E-state index in [9.17, 15) is 14.0 Å². The Balaban J connectivity index is 1.76. The van der Waals surface area contributed by atoms with E-state index < -0.39 is 0 Å². The van der Waals surface area contributed by atoms with Gasteiger partial charge in [-0.2, -0.15) is 0 Å². The number of amides is 2. The molecule has 23 heavy (non-hydrogen) atoms. The molecule has 2 N–H and O–H groups in total. The summed E-state index contributed by atoms with van der Waals surface area (Å²) in [5.74, 6) is -0.963. The predicted molar refractivity (Wildman–Crippen MR) is 86.1 cm³/mol. The number of hydrogen-bond acceptors (Lipinski definition) is 2. The molecular formula is C18H19FN2O2. The van der Waals surface area contributed by atoms with Gasteiger partial charge in [0.05, 0.1) is 0 Å². The van der Waals surface area contributed by atoms with Gasteiger partial charge in [0.15, 0.2) is 0 Å². The van der Waals surface area contributed by atoms with Crippen molar-refractivity contribution in [3.8, 4) is 0 Å². The second kappa shape index (κ2) is 8.08. The number of nitrogens with one attached hydrogen (secondary N) is 2. The van der Waals surface area contributed by atoms with Gasteiger partial charge in [0.25, 0.3) is 5.91 Å². The lowest BCUT2D eigenvalue weighted by Gasteiger charge is -2.08. The minimum absolute atomic E-state index is 0.209. The van der Waals surface area contributed by atoms with E-state index in [2.05, 4.69) is 10.9 Å². The minimum atomic E-state index is -0.359. The predicted octanol–water partition coefficient (Wildman–Crippen LogP) is 2.78. The Morgan fingerprint density at radius 2 is 1.52 bits per heavy atom. The van der Waals surface area contributed by atoms with Gasteiger partial charge in [-0.15, -0.1) is 0 Å². The zero-order chi connectivity index (χ0) is 16.7. The normalized spacial score (nSPS) is 10.2. The summed E-state index contributed by atoms with van der Waals surface area (Å²) in [6.07, 6.45) is 1.59. The van der Waals surface area contributed by atoms with Crippen LogP contribution in [0, 0.1) is 5.82 Å². The second-order valence-corrected chi connectivity index (χ2v) is 5.18. The zero-order valence-corrected chi connectivity index (χ0v) is 12.9. The lowest BCUT2D eigenvalue weighted by atomic mass is 10.1. The lowest BCUT2D eigenvalue weighted by Crippen LogP contribution is -2.41. The van der Waals surface area contributed by atoms with Gasteiger partial charge in [0.1, 0.15) is 5.82 Å². The van der Waals surface area contributed by atoms with Crippen molar-refractivity contribution in [1.29, 1.82) is 0 Å². The van der Waals surface area contributed by atoms with Crippen molar-refractivity contribution in [3.63, 3.8) is 0 Å². The maximum Gasteiger partial charge on any atom is 0.269 e. The highest BCUT2D eigenvalue weighted by atomic mass is 19.1.